The van der Waals surface area contributed by atoms with Crippen molar-refractivity contribution in [2.45, 2.75) is 33.1 Å². The molecule has 5 nitrogen and oxygen atoms in total. The van der Waals surface area contributed by atoms with Gasteiger partial charge in [0.1, 0.15) is 11.6 Å². The molecule has 0 radical (unpaired) electrons. The zero-order chi connectivity index (χ0) is 15.7. The topological polar surface area (TPSA) is 45.2 Å². The zero-order valence-corrected chi connectivity index (χ0v) is 14.5. The maximum Gasteiger partial charge on any atom is 0.205 e. The number of pyridine rings is 1. The Morgan fingerprint density at radius 2 is 1.77 bits per heavy atom. The quantitative estimate of drug-likeness (QED) is 0.852. The normalized spacial score (nSPS) is 16.2. The fourth-order valence-electron chi connectivity index (χ4n) is 2.47. The third-order valence-corrected chi connectivity index (χ3v) is 4.64. The van der Waals surface area contributed by atoms with Gasteiger partial charge in [0.05, 0.1) is 0 Å². The van der Waals surface area contributed by atoms with Gasteiger partial charge in [0.2, 0.25) is 5.13 Å². The first kappa shape index (κ1) is 15.2. The van der Waals surface area contributed by atoms with Crippen molar-refractivity contribution in [1.82, 2.24) is 14.3 Å². The third kappa shape index (κ3) is 3.21. The number of anilines is 2. The first-order chi connectivity index (χ1) is 10.4. The first-order valence-electron chi connectivity index (χ1n) is 7.70. The SMILES string of the molecule is Cc1ccnc(N2CCN(c3nc(C(C)(C)C)ns3)CC2)c1. The Kier molecular flexibility index (Phi) is 4.04. The first-order valence-corrected chi connectivity index (χ1v) is 8.47. The van der Waals surface area contributed by atoms with Crippen LogP contribution in [0, 0.1) is 6.92 Å². The molecule has 3 rings (SSSR count). The van der Waals surface area contributed by atoms with Gasteiger partial charge in [-0.25, -0.2) is 9.97 Å². The van der Waals surface area contributed by atoms with Crippen molar-refractivity contribution in [2.24, 2.45) is 0 Å². The molecule has 22 heavy (non-hydrogen) atoms. The van der Waals surface area contributed by atoms with Crippen LogP contribution in [0.4, 0.5) is 10.9 Å². The van der Waals surface area contributed by atoms with E-state index in [-0.39, 0.29) is 5.41 Å². The molecule has 0 N–H and O–H groups in total. The van der Waals surface area contributed by atoms with Gasteiger partial charge in [0.25, 0.3) is 0 Å². The Morgan fingerprint density at radius 3 is 2.36 bits per heavy atom. The molecule has 0 amide bonds. The average Bonchev–Trinajstić information content (AvgIpc) is 2.97. The Bertz CT molecular complexity index is 638. The largest absolute Gasteiger partial charge is 0.353 e. The second kappa shape index (κ2) is 5.83. The minimum absolute atomic E-state index is 0.0159. The summed E-state index contributed by atoms with van der Waals surface area (Å²) in [4.78, 5) is 13.9. The van der Waals surface area contributed by atoms with Crippen LogP contribution in [0.15, 0.2) is 18.3 Å². The molecule has 1 saturated heterocycles. The fourth-order valence-corrected chi connectivity index (χ4v) is 3.38. The van der Waals surface area contributed by atoms with Crippen LogP contribution in [0.2, 0.25) is 0 Å². The van der Waals surface area contributed by atoms with E-state index in [0.29, 0.717) is 0 Å². The monoisotopic (exact) mass is 317 g/mol. The maximum atomic E-state index is 4.72. The van der Waals surface area contributed by atoms with Gasteiger partial charge in [0, 0.05) is 49.3 Å². The third-order valence-electron chi connectivity index (χ3n) is 3.86. The highest BCUT2D eigenvalue weighted by Crippen LogP contribution is 2.26. The number of aromatic nitrogens is 3. The minimum Gasteiger partial charge on any atom is -0.353 e. The van der Waals surface area contributed by atoms with Gasteiger partial charge in [-0.15, -0.1) is 0 Å². The summed E-state index contributed by atoms with van der Waals surface area (Å²) in [6.45, 7) is 12.4. The Morgan fingerprint density at radius 1 is 1.09 bits per heavy atom. The van der Waals surface area contributed by atoms with E-state index in [9.17, 15) is 0 Å². The lowest BCUT2D eigenvalue weighted by atomic mass is 9.96. The van der Waals surface area contributed by atoms with Crippen LogP contribution in [0.25, 0.3) is 0 Å². The second-order valence-electron chi connectivity index (χ2n) is 6.82. The van der Waals surface area contributed by atoms with Gasteiger partial charge in [0.15, 0.2) is 0 Å². The summed E-state index contributed by atoms with van der Waals surface area (Å²) in [7, 11) is 0. The highest BCUT2D eigenvalue weighted by atomic mass is 32.1. The predicted octanol–water partition coefficient (Wildman–Crippen LogP) is 2.87. The summed E-state index contributed by atoms with van der Waals surface area (Å²) in [5.41, 5.74) is 1.27. The van der Waals surface area contributed by atoms with Gasteiger partial charge >= 0.3 is 0 Å². The Labute approximate surface area is 136 Å². The van der Waals surface area contributed by atoms with Crippen molar-refractivity contribution in [3.63, 3.8) is 0 Å². The number of rotatable bonds is 2. The molecule has 0 aliphatic carbocycles. The summed E-state index contributed by atoms with van der Waals surface area (Å²) in [5.74, 6) is 2.02. The Hall–Kier alpha value is -1.69. The molecule has 0 bridgehead atoms. The maximum absolute atomic E-state index is 4.72. The summed E-state index contributed by atoms with van der Waals surface area (Å²) in [6, 6.07) is 4.19. The molecule has 0 spiro atoms. The molecule has 6 heteroatoms. The molecular formula is C16H23N5S. The van der Waals surface area contributed by atoms with Gasteiger partial charge in [-0.05, 0) is 24.6 Å². The molecule has 0 unspecified atom stereocenters. The van der Waals surface area contributed by atoms with Gasteiger partial charge in [-0.2, -0.15) is 4.37 Å². The van der Waals surface area contributed by atoms with E-state index in [0.717, 1.165) is 43.0 Å². The van der Waals surface area contributed by atoms with Gasteiger partial charge < -0.3 is 9.80 Å². The molecular weight excluding hydrogens is 294 g/mol. The van der Waals surface area contributed by atoms with Crippen molar-refractivity contribution in [1.29, 1.82) is 0 Å². The van der Waals surface area contributed by atoms with E-state index in [4.69, 9.17) is 4.98 Å². The summed E-state index contributed by atoms with van der Waals surface area (Å²) < 4.78 is 4.51. The van der Waals surface area contributed by atoms with Crippen LogP contribution < -0.4 is 9.80 Å². The van der Waals surface area contributed by atoms with Crippen LogP contribution in [0.3, 0.4) is 0 Å². The lowest BCUT2D eigenvalue weighted by Crippen LogP contribution is -2.46. The minimum atomic E-state index is 0.0159. The molecule has 1 aliphatic rings. The number of nitrogens with zero attached hydrogens (tertiary/aromatic N) is 5. The zero-order valence-electron chi connectivity index (χ0n) is 13.7. The van der Waals surface area contributed by atoms with Crippen LogP contribution in [0.1, 0.15) is 32.2 Å². The molecule has 2 aromatic rings. The highest BCUT2D eigenvalue weighted by Gasteiger charge is 2.24. The molecule has 1 fully saturated rings. The lowest BCUT2D eigenvalue weighted by Gasteiger charge is -2.35. The molecule has 0 saturated carbocycles. The molecule has 2 aromatic heterocycles. The van der Waals surface area contributed by atoms with E-state index in [1.807, 2.05) is 12.3 Å². The van der Waals surface area contributed by atoms with Crippen LogP contribution in [-0.2, 0) is 5.41 Å². The molecule has 118 valence electrons. The van der Waals surface area contributed by atoms with E-state index in [1.54, 1.807) is 0 Å². The summed E-state index contributed by atoms with van der Waals surface area (Å²) >= 11 is 1.51. The number of piperazine rings is 1. The van der Waals surface area contributed by atoms with Crippen LogP contribution in [-0.4, -0.2) is 40.5 Å². The van der Waals surface area contributed by atoms with Crippen molar-refractivity contribution < 1.29 is 0 Å². The number of aryl methyl sites for hydroxylation is 1. The van der Waals surface area contributed by atoms with E-state index < -0.39 is 0 Å². The van der Waals surface area contributed by atoms with E-state index >= 15 is 0 Å². The molecule has 3 heterocycles. The van der Waals surface area contributed by atoms with Crippen LogP contribution in [0.5, 0.6) is 0 Å². The molecule has 1 aliphatic heterocycles. The average molecular weight is 317 g/mol. The number of hydrogen-bond donors (Lipinski definition) is 0. The van der Waals surface area contributed by atoms with Crippen molar-refractivity contribution in [3.8, 4) is 0 Å². The highest BCUT2D eigenvalue weighted by molar-refractivity contribution is 7.09. The smallest absolute Gasteiger partial charge is 0.205 e. The van der Waals surface area contributed by atoms with Crippen molar-refractivity contribution in [2.75, 3.05) is 36.0 Å². The van der Waals surface area contributed by atoms with E-state index in [2.05, 4.69) is 52.9 Å². The van der Waals surface area contributed by atoms with Gasteiger partial charge in [-0.1, -0.05) is 20.8 Å². The Balaban J connectivity index is 1.65. The van der Waals surface area contributed by atoms with Gasteiger partial charge in [-0.3, -0.25) is 0 Å². The second-order valence-corrected chi connectivity index (χ2v) is 7.55. The van der Waals surface area contributed by atoms with E-state index in [1.165, 1.54) is 17.1 Å². The summed E-state index contributed by atoms with van der Waals surface area (Å²) in [5, 5.41) is 1.04. The standard InChI is InChI=1S/C16H23N5S/c1-12-5-6-17-13(11-12)20-7-9-21(10-8-20)15-18-14(19-22-15)16(2,3)4/h5-6,11H,7-10H2,1-4H3. The molecule has 0 aromatic carbocycles. The summed E-state index contributed by atoms with van der Waals surface area (Å²) in [6.07, 6.45) is 1.89. The van der Waals surface area contributed by atoms with Crippen LogP contribution >= 0.6 is 11.5 Å². The number of hydrogen-bond acceptors (Lipinski definition) is 6. The molecule has 0 atom stereocenters. The lowest BCUT2D eigenvalue weighted by molar-refractivity contribution is 0.553. The fraction of sp³-hybridized carbons (Fsp3) is 0.562. The van der Waals surface area contributed by atoms with Crippen molar-refractivity contribution in [3.05, 3.63) is 29.7 Å². The predicted molar refractivity (Wildman–Crippen MR) is 92.0 cm³/mol. The van der Waals surface area contributed by atoms with Crippen molar-refractivity contribution >= 4 is 22.5 Å².